The number of fused-ring (bicyclic) bond motifs is 2. The normalized spacial score (nSPS) is 18.6. The highest BCUT2D eigenvalue weighted by Gasteiger charge is 2.39. The molecule has 4 amide bonds. The monoisotopic (exact) mass is 784 g/mol. The van der Waals surface area contributed by atoms with E-state index in [-0.39, 0.29) is 35.7 Å². The largest absolute Gasteiger partial charge is 0.457 e. The number of nitrogens with one attached hydrogen (secondary N) is 4. The van der Waals surface area contributed by atoms with E-state index in [1.54, 1.807) is 34.0 Å². The van der Waals surface area contributed by atoms with Crippen molar-refractivity contribution in [3.63, 3.8) is 0 Å². The first kappa shape index (κ1) is 38.8. The van der Waals surface area contributed by atoms with Gasteiger partial charge in [0.15, 0.2) is 0 Å². The maximum atomic E-state index is 13.6. The molecule has 0 saturated carbocycles. The van der Waals surface area contributed by atoms with E-state index in [0.29, 0.717) is 36.2 Å². The number of likely N-dealkylation sites (tertiary alicyclic amines) is 1. The van der Waals surface area contributed by atoms with Crippen LogP contribution in [0.3, 0.4) is 0 Å². The number of nitrogens with zero attached hydrogens (tertiary/aromatic N) is 4. The Kier molecular flexibility index (Phi) is 11.3. The maximum Gasteiger partial charge on any atom is 0.407 e. The lowest BCUT2D eigenvalue weighted by atomic mass is 9.96. The van der Waals surface area contributed by atoms with E-state index < -0.39 is 24.3 Å². The Labute approximate surface area is 329 Å². The Morgan fingerprint density at radius 2 is 1.38 bits per heavy atom. The highest BCUT2D eigenvalue weighted by atomic mass is 32.2. The molecule has 15 nitrogen and oxygen atoms in total. The van der Waals surface area contributed by atoms with Crippen LogP contribution in [-0.2, 0) is 25.5 Å². The minimum Gasteiger partial charge on any atom is -0.457 e. The lowest BCUT2D eigenvalue weighted by molar-refractivity contribution is -0.136. The van der Waals surface area contributed by atoms with Crippen LogP contribution in [0.1, 0.15) is 75.4 Å². The number of carbonyl (C=O) groups is 4. The predicted octanol–water partition coefficient (Wildman–Crippen LogP) is 6.16. The van der Waals surface area contributed by atoms with Crippen molar-refractivity contribution in [3.05, 3.63) is 71.6 Å². The molecule has 0 spiro atoms. The van der Waals surface area contributed by atoms with Crippen LogP contribution in [0.5, 0.6) is 11.5 Å². The average molecular weight is 785 g/mol. The van der Waals surface area contributed by atoms with Crippen LogP contribution >= 0.6 is 11.8 Å². The van der Waals surface area contributed by atoms with Crippen LogP contribution in [0.25, 0.3) is 22.5 Å². The smallest absolute Gasteiger partial charge is 0.407 e. The van der Waals surface area contributed by atoms with Gasteiger partial charge in [-0.15, -0.1) is 11.8 Å². The number of benzene rings is 2. The number of thioether (sulfide) groups is 1. The van der Waals surface area contributed by atoms with Gasteiger partial charge in [0.2, 0.25) is 11.8 Å². The Hall–Kier alpha value is -5.51. The summed E-state index contributed by atoms with van der Waals surface area (Å²) in [5.74, 6) is 3.55. The topological polar surface area (TPSA) is 184 Å². The number of methoxy groups -OCH3 is 2. The number of hydrogen-bond acceptors (Lipinski definition) is 10. The molecular formula is C40H48N8O7S. The molecule has 4 N–H and O–H groups in total. The number of aromatic nitrogens is 4. The number of ether oxygens (including phenoxy) is 3. The van der Waals surface area contributed by atoms with Gasteiger partial charge < -0.3 is 44.6 Å². The van der Waals surface area contributed by atoms with Gasteiger partial charge in [0.05, 0.1) is 56.0 Å². The summed E-state index contributed by atoms with van der Waals surface area (Å²) >= 11 is 1.65. The molecule has 0 aliphatic carbocycles. The van der Waals surface area contributed by atoms with Crippen molar-refractivity contribution in [1.29, 1.82) is 0 Å². The molecule has 2 saturated heterocycles. The van der Waals surface area contributed by atoms with E-state index in [1.807, 2.05) is 52.0 Å². The molecule has 2 aromatic carbocycles. The number of H-pyrrole nitrogens is 2. The van der Waals surface area contributed by atoms with Gasteiger partial charge >= 0.3 is 12.2 Å². The number of hydrogen-bond donors (Lipinski definition) is 4. The second-order valence-electron chi connectivity index (χ2n) is 15.0. The molecule has 2 fully saturated rings. The average Bonchev–Trinajstić information content (AvgIpc) is 4.03. The van der Waals surface area contributed by atoms with Crippen LogP contribution in [0, 0.1) is 11.8 Å². The highest BCUT2D eigenvalue weighted by molar-refractivity contribution is 7.99. The fraction of sp³-hybridized carbons (Fsp3) is 0.450. The van der Waals surface area contributed by atoms with E-state index >= 15 is 0 Å². The zero-order valence-corrected chi connectivity index (χ0v) is 33.2. The quantitative estimate of drug-likeness (QED) is 0.128. The van der Waals surface area contributed by atoms with Gasteiger partial charge in [0.25, 0.3) is 0 Å². The van der Waals surface area contributed by atoms with Crippen molar-refractivity contribution in [3.8, 4) is 34.0 Å². The van der Waals surface area contributed by atoms with Crippen LogP contribution in [0.4, 0.5) is 9.59 Å². The van der Waals surface area contributed by atoms with Gasteiger partial charge in [0, 0.05) is 29.8 Å². The number of amides is 4. The molecule has 296 valence electrons. The number of rotatable bonds is 10. The Morgan fingerprint density at radius 1 is 0.786 bits per heavy atom. The van der Waals surface area contributed by atoms with E-state index in [2.05, 4.69) is 37.7 Å². The molecule has 2 aromatic heterocycles. The molecule has 0 bridgehead atoms. The molecular weight excluding hydrogens is 737 g/mol. The third-order valence-corrected chi connectivity index (χ3v) is 11.7. The summed E-state index contributed by atoms with van der Waals surface area (Å²) in [5, 5.41) is 5.38. The SMILES string of the molecule is COC(=O)N[C@H](C(=O)N1CCC[C@H]1c1ncc(-c2ccc3c(c2)Oc2ccc(-c4cnc([C@@H]5CSCN5C(=O)[C@@H](NC(=O)OC)C(C)C)[nH]4)cc2C3)[nH]1)C(C)C. The van der Waals surface area contributed by atoms with Crippen molar-refractivity contribution in [2.24, 2.45) is 11.8 Å². The molecule has 5 heterocycles. The Morgan fingerprint density at radius 3 is 2.00 bits per heavy atom. The maximum absolute atomic E-state index is 13.6. The predicted molar refractivity (Wildman–Crippen MR) is 210 cm³/mol. The fourth-order valence-corrected chi connectivity index (χ4v) is 8.70. The van der Waals surface area contributed by atoms with E-state index in [1.165, 1.54) is 14.2 Å². The summed E-state index contributed by atoms with van der Waals surface area (Å²) in [6.45, 7) is 8.15. The Bertz CT molecular complexity index is 1970. The molecule has 56 heavy (non-hydrogen) atoms. The van der Waals surface area contributed by atoms with Crippen molar-refractivity contribution in [1.82, 2.24) is 40.4 Å². The van der Waals surface area contributed by atoms with Crippen molar-refractivity contribution >= 4 is 35.8 Å². The zero-order valence-electron chi connectivity index (χ0n) is 32.4. The molecule has 16 heteroatoms. The van der Waals surface area contributed by atoms with Crippen LogP contribution < -0.4 is 15.4 Å². The Balaban J connectivity index is 1.03. The van der Waals surface area contributed by atoms with E-state index in [4.69, 9.17) is 19.2 Å². The van der Waals surface area contributed by atoms with Gasteiger partial charge in [0.1, 0.15) is 35.2 Å². The molecule has 3 aliphatic heterocycles. The second-order valence-corrected chi connectivity index (χ2v) is 16.0. The lowest BCUT2D eigenvalue weighted by Crippen LogP contribution is -2.51. The number of imidazole rings is 2. The first-order chi connectivity index (χ1) is 26.9. The second kappa shape index (κ2) is 16.3. The molecule has 4 atom stereocenters. The first-order valence-corrected chi connectivity index (χ1v) is 20.0. The highest BCUT2D eigenvalue weighted by Crippen LogP contribution is 2.41. The van der Waals surface area contributed by atoms with Gasteiger partial charge in [-0.3, -0.25) is 9.59 Å². The minimum atomic E-state index is -0.711. The first-order valence-electron chi connectivity index (χ1n) is 18.9. The third kappa shape index (κ3) is 7.79. The van der Waals surface area contributed by atoms with Crippen LogP contribution in [-0.4, -0.2) is 98.2 Å². The van der Waals surface area contributed by atoms with E-state index in [0.717, 1.165) is 58.0 Å². The standard InChI is InChI=1S/C40H48N8O7S/c1-21(2)33(45-39(51)53-5)37(49)47-13-7-8-29(47)35-41-18-28(43-35)24-9-10-25-15-26-14-23(11-12-31(26)55-32(25)16-24)27-17-42-36(44-27)30-19-56-20-48(30)38(50)34(22(3)4)46-40(52)54-6/h9-12,14,16-18,21-22,29-30,33-34H,7-8,13,15,19-20H2,1-6H3,(H,41,43)(H,42,44)(H,45,51)(H,46,52)/t29-,30-,33-,34-/m0/s1. The van der Waals surface area contributed by atoms with Gasteiger partial charge in [-0.25, -0.2) is 19.6 Å². The van der Waals surface area contributed by atoms with Crippen LogP contribution in [0.2, 0.25) is 0 Å². The van der Waals surface area contributed by atoms with Gasteiger partial charge in [-0.05, 0) is 60.1 Å². The fourth-order valence-electron chi connectivity index (χ4n) is 7.53. The molecule has 4 aromatic rings. The van der Waals surface area contributed by atoms with Crippen LogP contribution in [0.15, 0.2) is 48.8 Å². The minimum absolute atomic E-state index is 0.116. The molecule has 0 unspecified atom stereocenters. The van der Waals surface area contributed by atoms with Gasteiger partial charge in [-0.1, -0.05) is 39.8 Å². The molecule has 3 aliphatic rings. The summed E-state index contributed by atoms with van der Waals surface area (Å²) in [7, 11) is 2.57. The third-order valence-electron chi connectivity index (χ3n) is 10.7. The summed E-state index contributed by atoms with van der Waals surface area (Å²) in [4.78, 5) is 71.0. The van der Waals surface area contributed by atoms with Gasteiger partial charge in [-0.2, -0.15) is 0 Å². The van der Waals surface area contributed by atoms with Crippen molar-refractivity contribution in [2.45, 2.75) is 71.1 Å². The van der Waals surface area contributed by atoms with E-state index in [9.17, 15) is 19.2 Å². The molecule has 0 radical (unpaired) electrons. The number of aromatic amines is 2. The number of carbonyl (C=O) groups excluding carboxylic acids is 4. The molecule has 7 rings (SSSR count). The summed E-state index contributed by atoms with van der Waals surface area (Å²) < 4.78 is 16.0. The summed E-state index contributed by atoms with van der Waals surface area (Å²) in [5.41, 5.74) is 5.60. The lowest BCUT2D eigenvalue weighted by Gasteiger charge is -2.30. The summed E-state index contributed by atoms with van der Waals surface area (Å²) in [6, 6.07) is 10.3. The van der Waals surface area contributed by atoms with Crippen molar-refractivity contribution < 1.29 is 33.4 Å². The number of alkyl carbamates (subject to hydrolysis) is 2. The zero-order chi connectivity index (χ0) is 39.7. The van der Waals surface area contributed by atoms with Crippen molar-refractivity contribution in [2.75, 3.05) is 32.4 Å². The summed E-state index contributed by atoms with van der Waals surface area (Å²) in [6.07, 6.45) is 4.58.